The molecule has 3 N–H and O–H groups in total. The number of benzene rings is 2. The third kappa shape index (κ3) is 3.92. The van der Waals surface area contributed by atoms with Crippen molar-refractivity contribution < 1.29 is 14.6 Å². The SMILES string of the molecule is COc1ccccc1CNC(=O)c1cn(CCCO)c2cc(-c3cn[nH]c3)ccc12. The molecule has 0 saturated heterocycles. The van der Waals surface area contributed by atoms with Crippen molar-refractivity contribution in [2.45, 2.75) is 19.5 Å². The second kappa shape index (κ2) is 8.84. The number of fused-ring (bicyclic) bond motifs is 1. The van der Waals surface area contributed by atoms with Gasteiger partial charge in [0.15, 0.2) is 0 Å². The van der Waals surface area contributed by atoms with Crippen LogP contribution in [-0.2, 0) is 13.1 Å². The Bertz CT molecular complexity index is 1150. The molecule has 1 amide bonds. The van der Waals surface area contributed by atoms with Crippen LogP contribution in [0.2, 0.25) is 0 Å². The number of ether oxygens (including phenoxy) is 1. The zero-order chi connectivity index (χ0) is 20.9. The van der Waals surface area contributed by atoms with E-state index >= 15 is 0 Å². The molecular weight excluding hydrogens is 380 g/mol. The lowest BCUT2D eigenvalue weighted by atomic mass is 10.1. The van der Waals surface area contributed by atoms with Crippen LogP contribution in [0, 0.1) is 0 Å². The Hall–Kier alpha value is -3.58. The molecule has 4 aromatic rings. The number of aliphatic hydroxyl groups excluding tert-OH is 1. The largest absolute Gasteiger partial charge is 0.496 e. The summed E-state index contributed by atoms with van der Waals surface area (Å²) in [4.78, 5) is 13.0. The number of carbonyl (C=O) groups excluding carboxylic acids is 1. The van der Waals surface area contributed by atoms with E-state index in [9.17, 15) is 9.90 Å². The average molecular weight is 404 g/mol. The van der Waals surface area contributed by atoms with Gasteiger partial charge in [-0.3, -0.25) is 9.89 Å². The van der Waals surface area contributed by atoms with Crippen LogP contribution in [0.25, 0.3) is 22.0 Å². The van der Waals surface area contributed by atoms with Crippen LogP contribution in [0.1, 0.15) is 22.3 Å². The molecule has 0 unspecified atom stereocenters. The summed E-state index contributed by atoms with van der Waals surface area (Å²) < 4.78 is 7.38. The van der Waals surface area contributed by atoms with E-state index in [-0.39, 0.29) is 12.5 Å². The number of rotatable bonds is 8. The van der Waals surface area contributed by atoms with Gasteiger partial charge in [-0.15, -0.1) is 0 Å². The molecule has 0 saturated carbocycles. The van der Waals surface area contributed by atoms with Crippen LogP contribution in [0.5, 0.6) is 5.75 Å². The third-order valence-electron chi connectivity index (χ3n) is 5.15. The summed E-state index contributed by atoms with van der Waals surface area (Å²) >= 11 is 0. The molecule has 2 aromatic carbocycles. The number of carbonyl (C=O) groups is 1. The molecule has 7 heteroatoms. The van der Waals surface area contributed by atoms with E-state index in [1.54, 1.807) is 13.3 Å². The number of amides is 1. The first-order valence-electron chi connectivity index (χ1n) is 9.84. The maximum absolute atomic E-state index is 13.0. The fourth-order valence-electron chi connectivity index (χ4n) is 3.61. The molecule has 0 aliphatic heterocycles. The second-order valence-electron chi connectivity index (χ2n) is 7.03. The predicted octanol–water partition coefficient (Wildman–Crippen LogP) is 3.35. The number of nitrogens with zero attached hydrogens (tertiary/aromatic N) is 2. The van der Waals surface area contributed by atoms with Gasteiger partial charge in [-0.05, 0) is 24.1 Å². The highest BCUT2D eigenvalue weighted by Crippen LogP contribution is 2.28. The average Bonchev–Trinajstić information content (AvgIpc) is 3.44. The van der Waals surface area contributed by atoms with E-state index in [0.29, 0.717) is 25.1 Å². The number of hydrogen-bond acceptors (Lipinski definition) is 4. The third-order valence-corrected chi connectivity index (χ3v) is 5.15. The smallest absolute Gasteiger partial charge is 0.253 e. The zero-order valence-corrected chi connectivity index (χ0v) is 16.8. The van der Waals surface area contributed by atoms with Crippen molar-refractivity contribution >= 4 is 16.8 Å². The van der Waals surface area contributed by atoms with Crippen molar-refractivity contribution in [3.05, 3.63) is 72.2 Å². The molecule has 154 valence electrons. The summed E-state index contributed by atoms with van der Waals surface area (Å²) in [5.41, 5.74) is 4.47. The Morgan fingerprint density at radius 3 is 2.87 bits per heavy atom. The van der Waals surface area contributed by atoms with Crippen LogP contribution >= 0.6 is 0 Å². The highest BCUT2D eigenvalue weighted by molar-refractivity contribution is 6.07. The number of hydrogen-bond donors (Lipinski definition) is 3. The molecule has 0 radical (unpaired) electrons. The molecule has 0 aliphatic carbocycles. The number of nitrogens with one attached hydrogen (secondary N) is 2. The van der Waals surface area contributed by atoms with Gasteiger partial charge in [0.2, 0.25) is 0 Å². The van der Waals surface area contributed by atoms with E-state index in [4.69, 9.17) is 4.74 Å². The topological polar surface area (TPSA) is 92.2 Å². The van der Waals surface area contributed by atoms with Crippen LogP contribution in [-0.4, -0.2) is 39.5 Å². The zero-order valence-electron chi connectivity index (χ0n) is 16.8. The number of H-pyrrole nitrogens is 1. The van der Waals surface area contributed by atoms with E-state index in [2.05, 4.69) is 21.6 Å². The van der Waals surface area contributed by atoms with Crippen molar-refractivity contribution in [2.75, 3.05) is 13.7 Å². The van der Waals surface area contributed by atoms with Gasteiger partial charge in [0.1, 0.15) is 5.75 Å². The Labute approximate surface area is 174 Å². The number of methoxy groups -OCH3 is 1. The van der Waals surface area contributed by atoms with Crippen molar-refractivity contribution in [1.29, 1.82) is 0 Å². The fraction of sp³-hybridized carbons (Fsp3) is 0.217. The van der Waals surface area contributed by atoms with E-state index in [0.717, 1.165) is 33.3 Å². The number of para-hydroxylation sites is 1. The van der Waals surface area contributed by atoms with Gasteiger partial charge in [0, 0.05) is 54.1 Å². The van der Waals surface area contributed by atoms with E-state index < -0.39 is 0 Å². The van der Waals surface area contributed by atoms with Crippen molar-refractivity contribution in [3.63, 3.8) is 0 Å². The quantitative estimate of drug-likeness (QED) is 0.420. The van der Waals surface area contributed by atoms with E-state index in [1.807, 2.05) is 53.4 Å². The van der Waals surface area contributed by atoms with Gasteiger partial charge in [-0.1, -0.05) is 30.3 Å². The Kier molecular flexibility index (Phi) is 5.81. The van der Waals surface area contributed by atoms with Gasteiger partial charge >= 0.3 is 0 Å². The van der Waals surface area contributed by atoms with Gasteiger partial charge in [0.25, 0.3) is 5.91 Å². The molecule has 0 fully saturated rings. The number of aromatic amines is 1. The molecule has 4 rings (SSSR count). The van der Waals surface area contributed by atoms with Gasteiger partial charge in [-0.2, -0.15) is 5.10 Å². The molecule has 0 spiro atoms. The van der Waals surface area contributed by atoms with Gasteiger partial charge in [0.05, 0.1) is 18.9 Å². The van der Waals surface area contributed by atoms with E-state index in [1.165, 1.54) is 0 Å². The van der Waals surface area contributed by atoms with Gasteiger partial charge < -0.3 is 19.7 Å². The van der Waals surface area contributed by atoms with Crippen LogP contribution < -0.4 is 10.1 Å². The minimum atomic E-state index is -0.148. The standard InChI is InChI=1S/C23H24N4O3/c1-30-22-6-3-2-5-17(22)12-24-23(29)20-15-27(9-4-10-28)21-11-16(7-8-19(20)21)18-13-25-26-14-18/h2-3,5-8,11,13-15,28H,4,9-10,12H2,1H3,(H,24,29)(H,25,26). The van der Waals surface area contributed by atoms with Crippen LogP contribution in [0.3, 0.4) is 0 Å². The summed E-state index contributed by atoms with van der Waals surface area (Å²) in [6.45, 7) is 1.09. The molecule has 2 heterocycles. The fourth-order valence-corrected chi connectivity index (χ4v) is 3.61. The summed E-state index contributed by atoms with van der Waals surface area (Å²) in [6.07, 6.45) is 6.07. The predicted molar refractivity (Wildman–Crippen MR) is 115 cm³/mol. The maximum Gasteiger partial charge on any atom is 0.253 e. The number of aliphatic hydroxyl groups is 1. The normalized spacial score (nSPS) is 11.0. The van der Waals surface area contributed by atoms with Crippen molar-refractivity contribution in [2.24, 2.45) is 0 Å². The minimum absolute atomic E-state index is 0.0937. The monoisotopic (exact) mass is 404 g/mol. The Morgan fingerprint density at radius 2 is 2.10 bits per heavy atom. The summed E-state index contributed by atoms with van der Waals surface area (Å²) in [7, 11) is 1.62. The summed E-state index contributed by atoms with van der Waals surface area (Å²) in [6, 6.07) is 13.6. The first-order valence-corrected chi connectivity index (χ1v) is 9.84. The Morgan fingerprint density at radius 1 is 1.23 bits per heavy atom. The minimum Gasteiger partial charge on any atom is -0.496 e. The lowest BCUT2D eigenvalue weighted by Crippen LogP contribution is -2.22. The summed E-state index contributed by atoms with van der Waals surface area (Å²) in [5.74, 6) is 0.595. The molecular formula is C23H24N4O3. The molecule has 0 aliphatic rings. The second-order valence-corrected chi connectivity index (χ2v) is 7.03. The first kappa shape index (κ1) is 19.7. The van der Waals surface area contributed by atoms with Gasteiger partial charge in [-0.25, -0.2) is 0 Å². The molecule has 7 nitrogen and oxygen atoms in total. The highest BCUT2D eigenvalue weighted by atomic mass is 16.5. The first-order chi connectivity index (χ1) is 14.7. The van der Waals surface area contributed by atoms with Crippen molar-refractivity contribution in [3.8, 4) is 16.9 Å². The lowest BCUT2D eigenvalue weighted by molar-refractivity contribution is 0.0952. The molecule has 0 atom stereocenters. The lowest BCUT2D eigenvalue weighted by Gasteiger charge is -2.09. The highest BCUT2D eigenvalue weighted by Gasteiger charge is 2.16. The number of aromatic nitrogens is 3. The number of aryl methyl sites for hydroxylation is 1. The maximum atomic E-state index is 13.0. The molecule has 0 bridgehead atoms. The molecule has 30 heavy (non-hydrogen) atoms. The summed E-state index contributed by atoms with van der Waals surface area (Å²) in [5, 5.41) is 20.0. The Balaban J connectivity index is 1.65. The van der Waals surface area contributed by atoms with Crippen molar-refractivity contribution in [1.82, 2.24) is 20.1 Å². The molecule has 2 aromatic heterocycles. The van der Waals surface area contributed by atoms with Crippen LogP contribution in [0.4, 0.5) is 0 Å². The van der Waals surface area contributed by atoms with Crippen LogP contribution in [0.15, 0.2) is 61.1 Å².